The van der Waals surface area contributed by atoms with E-state index in [9.17, 15) is 13.2 Å². The predicted molar refractivity (Wildman–Crippen MR) is 146 cm³/mol. The van der Waals surface area contributed by atoms with Crippen molar-refractivity contribution in [2.24, 2.45) is 4.40 Å². The minimum absolute atomic E-state index is 0.0915. The molecule has 0 aromatic heterocycles. The first-order valence-corrected chi connectivity index (χ1v) is 14.5. The van der Waals surface area contributed by atoms with Crippen LogP contribution in [-0.4, -0.2) is 44.7 Å². The monoisotopic (exact) mass is 530 g/mol. The molecule has 194 valence electrons. The second-order valence-electron chi connectivity index (χ2n) is 8.50. The molecule has 1 aliphatic rings. The molecule has 2 aromatic carbocycles. The van der Waals surface area contributed by atoms with Crippen molar-refractivity contribution in [1.82, 2.24) is 4.90 Å². The summed E-state index contributed by atoms with van der Waals surface area (Å²) in [5.74, 6) is 0.952. The van der Waals surface area contributed by atoms with Crippen molar-refractivity contribution in [2.75, 3.05) is 20.3 Å². The smallest absolute Gasteiger partial charge is 0.284 e. The van der Waals surface area contributed by atoms with Crippen molar-refractivity contribution < 1.29 is 22.7 Å². The average Bonchev–Trinajstić information content (AvgIpc) is 3.14. The Kier molecular flexibility index (Phi) is 10.0. The molecular weight excluding hydrogens is 496 g/mol. The van der Waals surface area contributed by atoms with Crippen LogP contribution in [0.3, 0.4) is 0 Å². The second-order valence-corrected chi connectivity index (χ2v) is 11.1. The standard InChI is InChI=1S/C27H34N2O5S2/c1-5-7-8-9-10-17-34-24-18-21(13-16-23(24)33-4)19-25-26(30)29(6-2)27(35-25)28-36(31,32)22-14-11-20(3)12-15-22/h11-16,18-19H,5-10,17H2,1-4H3/b25-19-,28-27?. The summed E-state index contributed by atoms with van der Waals surface area (Å²) >= 11 is 1.05. The van der Waals surface area contributed by atoms with Crippen LogP contribution in [0, 0.1) is 6.92 Å². The Morgan fingerprint density at radius 3 is 2.39 bits per heavy atom. The molecular formula is C27H34N2O5S2. The van der Waals surface area contributed by atoms with E-state index < -0.39 is 10.0 Å². The van der Waals surface area contributed by atoms with E-state index >= 15 is 0 Å². The molecule has 1 amide bonds. The Hall–Kier alpha value is -2.78. The maximum Gasteiger partial charge on any atom is 0.284 e. The van der Waals surface area contributed by atoms with Crippen LogP contribution in [0.5, 0.6) is 11.5 Å². The molecule has 0 unspecified atom stereocenters. The van der Waals surface area contributed by atoms with Gasteiger partial charge in [-0.3, -0.25) is 9.69 Å². The normalized spacial score (nSPS) is 16.2. The number of methoxy groups -OCH3 is 1. The van der Waals surface area contributed by atoms with E-state index in [1.807, 2.05) is 19.1 Å². The molecule has 9 heteroatoms. The van der Waals surface area contributed by atoms with Gasteiger partial charge in [-0.25, -0.2) is 0 Å². The number of thioether (sulfide) groups is 1. The van der Waals surface area contributed by atoms with E-state index in [4.69, 9.17) is 9.47 Å². The molecule has 3 rings (SSSR count). The van der Waals surface area contributed by atoms with Gasteiger partial charge in [0.1, 0.15) is 0 Å². The first kappa shape index (κ1) is 27.8. The highest BCUT2D eigenvalue weighted by Crippen LogP contribution is 2.35. The van der Waals surface area contributed by atoms with Gasteiger partial charge in [-0.1, -0.05) is 56.4 Å². The van der Waals surface area contributed by atoms with Crippen molar-refractivity contribution in [3.05, 3.63) is 58.5 Å². The summed E-state index contributed by atoms with van der Waals surface area (Å²) in [4.78, 5) is 14.9. The Balaban J connectivity index is 1.81. The number of rotatable bonds is 12. The van der Waals surface area contributed by atoms with Gasteiger partial charge in [0.25, 0.3) is 15.9 Å². The zero-order valence-corrected chi connectivity index (χ0v) is 23.0. The third-order valence-electron chi connectivity index (χ3n) is 5.71. The lowest BCUT2D eigenvalue weighted by Crippen LogP contribution is -2.29. The number of benzene rings is 2. The largest absolute Gasteiger partial charge is 0.493 e. The van der Waals surface area contributed by atoms with Crippen LogP contribution in [-0.2, 0) is 14.8 Å². The fourth-order valence-electron chi connectivity index (χ4n) is 3.66. The van der Waals surface area contributed by atoms with Crippen LogP contribution >= 0.6 is 11.8 Å². The van der Waals surface area contributed by atoms with Crippen molar-refractivity contribution in [3.63, 3.8) is 0 Å². The van der Waals surface area contributed by atoms with Gasteiger partial charge in [-0.05, 0) is 67.9 Å². The van der Waals surface area contributed by atoms with Crippen molar-refractivity contribution in [2.45, 2.75) is 57.8 Å². The second kappa shape index (κ2) is 13.0. The van der Waals surface area contributed by atoms with E-state index in [0.29, 0.717) is 29.6 Å². The van der Waals surface area contributed by atoms with Gasteiger partial charge in [-0.2, -0.15) is 8.42 Å². The van der Waals surface area contributed by atoms with Crippen LogP contribution in [0.25, 0.3) is 6.08 Å². The number of likely N-dealkylation sites (N-methyl/N-ethyl adjacent to an activating group) is 1. The minimum atomic E-state index is -3.95. The number of ether oxygens (including phenoxy) is 2. The predicted octanol–water partition coefficient (Wildman–Crippen LogP) is 6.03. The zero-order valence-electron chi connectivity index (χ0n) is 21.3. The number of nitrogens with zero attached hydrogens (tertiary/aromatic N) is 2. The Morgan fingerprint density at radius 1 is 1.00 bits per heavy atom. The molecule has 1 heterocycles. The third-order valence-corrected chi connectivity index (χ3v) is 8.12. The maximum atomic E-state index is 13.0. The maximum absolute atomic E-state index is 13.0. The number of hydrogen-bond acceptors (Lipinski definition) is 6. The topological polar surface area (TPSA) is 85.3 Å². The summed E-state index contributed by atoms with van der Waals surface area (Å²) in [6.45, 7) is 6.75. The molecule has 7 nitrogen and oxygen atoms in total. The van der Waals surface area contributed by atoms with Gasteiger partial charge in [0.2, 0.25) is 0 Å². The number of unbranched alkanes of at least 4 members (excludes halogenated alkanes) is 4. The fourth-order valence-corrected chi connectivity index (χ4v) is 5.90. The summed E-state index contributed by atoms with van der Waals surface area (Å²) in [7, 11) is -2.36. The summed E-state index contributed by atoms with van der Waals surface area (Å²) in [5.41, 5.74) is 1.71. The molecule has 0 bridgehead atoms. The molecule has 0 atom stereocenters. The van der Waals surface area contributed by atoms with Gasteiger partial charge < -0.3 is 9.47 Å². The molecule has 1 fully saturated rings. The quantitative estimate of drug-likeness (QED) is 0.246. The van der Waals surface area contributed by atoms with E-state index in [2.05, 4.69) is 11.3 Å². The first-order chi connectivity index (χ1) is 17.3. The van der Waals surface area contributed by atoms with E-state index in [0.717, 1.165) is 35.7 Å². The van der Waals surface area contributed by atoms with Crippen molar-refractivity contribution in [3.8, 4) is 11.5 Å². The van der Waals surface area contributed by atoms with Gasteiger partial charge in [0, 0.05) is 6.54 Å². The number of amides is 1. The number of carbonyl (C=O) groups excluding carboxylic acids is 1. The van der Waals surface area contributed by atoms with Crippen LogP contribution in [0.15, 0.2) is 56.7 Å². The summed E-state index contributed by atoms with van der Waals surface area (Å²) in [6, 6.07) is 12.0. The number of aryl methyl sites for hydroxylation is 1. The van der Waals surface area contributed by atoms with E-state index in [1.54, 1.807) is 38.3 Å². The molecule has 36 heavy (non-hydrogen) atoms. The minimum Gasteiger partial charge on any atom is -0.493 e. The Bertz CT molecular complexity index is 1220. The van der Waals surface area contributed by atoms with Gasteiger partial charge in [0.05, 0.1) is 23.5 Å². The van der Waals surface area contributed by atoms with Gasteiger partial charge in [-0.15, -0.1) is 4.40 Å². The average molecular weight is 531 g/mol. The van der Waals surface area contributed by atoms with Gasteiger partial charge >= 0.3 is 0 Å². The third kappa shape index (κ3) is 7.13. The van der Waals surface area contributed by atoms with Crippen LogP contribution in [0.1, 0.15) is 57.1 Å². The molecule has 0 spiro atoms. The number of sulfonamides is 1. The fraction of sp³-hybridized carbons (Fsp3) is 0.407. The number of amidine groups is 1. The molecule has 1 saturated heterocycles. The van der Waals surface area contributed by atoms with Crippen LogP contribution in [0.4, 0.5) is 0 Å². The lowest BCUT2D eigenvalue weighted by atomic mass is 10.1. The highest BCUT2D eigenvalue weighted by atomic mass is 32.2. The van der Waals surface area contributed by atoms with Crippen molar-refractivity contribution in [1.29, 1.82) is 0 Å². The molecule has 1 aliphatic heterocycles. The lowest BCUT2D eigenvalue weighted by molar-refractivity contribution is -0.122. The summed E-state index contributed by atoms with van der Waals surface area (Å²) in [6.07, 6.45) is 7.42. The SMILES string of the molecule is CCCCCCCOc1cc(/C=C2\SC(=NS(=O)(=O)c3ccc(C)cc3)N(CC)C2=O)ccc1OC. The molecule has 0 radical (unpaired) electrons. The van der Waals surface area contributed by atoms with Crippen LogP contribution in [0.2, 0.25) is 0 Å². The van der Waals surface area contributed by atoms with Crippen molar-refractivity contribution >= 4 is 38.9 Å². The van der Waals surface area contributed by atoms with E-state index in [1.165, 1.54) is 36.3 Å². The first-order valence-electron chi connectivity index (χ1n) is 12.2. The van der Waals surface area contributed by atoms with Crippen LogP contribution < -0.4 is 9.47 Å². The number of carbonyl (C=O) groups is 1. The van der Waals surface area contributed by atoms with E-state index in [-0.39, 0.29) is 16.0 Å². The Morgan fingerprint density at radius 2 is 1.72 bits per heavy atom. The number of hydrogen-bond donors (Lipinski definition) is 0. The zero-order chi connectivity index (χ0) is 26.1. The molecule has 0 N–H and O–H groups in total. The highest BCUT2D eigenvalue weighted by Gasteiger charge is 2.34. The lowest BCUT2D eigenvalue weighted by Gasteiger charge is -2.12. The Labute approximate surface area is 218 Å². The molecule has 2 aromatic rings. The van der Waals surface area contributed by atoms with Gasteiger partial charge in [0.15, 0.2) is 16.7 Å². The molecule has 0 saturated carbocycles. The summed E-state index contributed by atoms with van der Waals surface area (Å²) in [5, 5.41) is 0.145. The highest BCUT2D eigenvalue weighted by molar-refractivity contribution is 8.19. The molecule has 0 aliphatic carbocycles. The summed E-state index contributed by atoms with van der Waals surface area (Å²) < 4.78 is 41.1.